The largest absolute Gasteiger partial charge is 0.388 e. The molecule has 1 aromatic carbocycles. The second-order valence-corrected chi connectivity index (χ2v) is 6.93. The van der Waals surface area contributed by atoms with Gasteiger partial charge in [-0.1, -0.05) is 52.3 Å². The molecule has 2 amide bonds. The highest BCUT2D eigenvalue weighted by atomic mass is 16.3. The van der Waals surface area contributed by atoms with Gasteiger partial charge < -0.3 is 15.7 Å². The second-order valence-electron chi connectivity index (χ2n) is 6.93. The normalized spacial score (nSPS) is 16.1. The molecule has 3 unspecified atom stereocenters. The zero-order valence-electron chi connectivity index (χ0n) is 15.3. The van der Waals surface area contributed by atoms with Crippen molar-refractivity contribution >= 4 is 11.8 Å². The van der Waals surface area contributed by atoms with Crippen LogP contribution in [0.15, 0.2) is 30.3 Å². The van der Waals surface area contributed by atoms with Crippen LogP contribution >= 0.6 is 0 Å². The number of rotatable bonds is 8. The van der Waals surface area contributed by atoms with E-state index in [0.717, 1.165) is 6.42 Å². The molecule has 3 N–H and O–H groups in total. The second kappa shape index (κ2) is 8.83. The van der Waals surface area contributed by atoms with Gasteiger partial charge in [0.2, 0.25) is 5.91 Å². The molecule has 0 saturated heterocycles. The molecule has 24 heavy (non-hydrogen) atoms. The molecule has 0 saturated carbocycles. The van der Waals surface area contributed by atoms with E-state index in [1.54, 1.807) is 31.2 Å². The molecule has 0 aliphatic carbocycles. The van der Waals surface area contributed by atoms with Crippen LogP contribution in [0.1, 0.15) is 51.4 Å². The minimum atomic E-state index is -0.987. The van der Waals surface area contributed by atoms with Gasteiger partial charge in [0.05, 0.1) is 5.60 Å². The van der Waals surface area contributed by atoms with Crippen molar-refractivity contribution in [3.63, 3.8) is 0 Å². The van der Waals surface area contributed by atoms with Gasteiger partial charge in [0.1, 0.15) is 6.04 Å². The van der Waals surface area contributed by atoms with E-state index in [-0.39, 0.29) is 30.2 Å². The number of hydrogen-bond acceptors (Lipinski definition) is 3. The van der Waals surface area contributed by atoms with Gasteiger partial charge in [-0.25, -0.2) is 0 Å². The molecule has 0 aliphatic heterocycles. The Labute approximate surface area is 144 Å². The molecule has 1 aromatic rings. The first-order valence-electron chi connectivity index (χ1n) is 8.55. The first-order chi connectivity index (χ1) is 11.2. The molecule has 0 radical (unpaired) electrons. The Morgan fingerprint density at radius 1 is 1.17 bits per heavy atom. The van der Waals surface area contributed by atoms with Gasteiger partial charge in [0.25, 0.3) is 5.91 Å². The predicted molar refractivity (Wildman–Crippen MR) is 95.6 cm³/mol. The number of amides is 2. The number of nitrogens with one attached hydrogen (secondary N) is 2. The summed E-state index contributed by atoms with van der Waals surface area (Å²) in [6.45, 7) is 9.54. The van der Waals surface area contributed by atoms with Crippen LogP contribution in [0.25, 0.3) is 0 Å². The minimum Gasteiger partial charge on any atom is -0.388 e. The molecule has 0 aliphatic rings. The number of hydrogen-bond donors (Lipinski definition) is 3. The summed E-state index contributed by atoms with van der Waals surface area (Å²) in [6, 6.07) is 8.20. The van der Waals surface area contributed by atoms with E-state index in [1.807, 2.05) is 33.8 Å². The molecule has 1 rings (SSSR count). The molecule has 0 spiro atoms. The first kappa shape index (κ1) is 20.2. The van der Waals surface area contributed by atoms with Crippen LogP contribution in [0.5, 0.6) is 0 Å². The van der Waals surface area contributed by atoms with Gasteiger partial charge in [-0.2, -0.15) is 0 Å². The molecule has 3 atom stereocenters. The van der Waals surface area contributed by atoms with E-state index in [1.165, 1.54) is 0 Å². The molecule has 0 bridgehead atoms. The summed E-state index contributed by atoms with van der Waals surface area (Å²) in [6.07, 6.45) is 0.758. The van der Waals surface area contributed by atoms with Gasteiger partial charge in [0, 0.05) is 12.1 Å². The van der Waals surface area contributed by atoms with Crippen LogP contribution in [-0.2, 0) is 4.79 Å². The van der Waals surface area contributed by atoms with Crippen LogP contribution < -0.4 is 10.6 Å². The molecule has 0 aromatic heterocycles. The van der Waals surface area contributed by atoms with Gasteiger partial charge in [0.15, 0.2) is 0 Å². The standard InChI is InChI=1S/C19H30N2O3/c1-6-14(4)16(18(23)20-12-19(5,24)13(2)3)21-17(22)15-10-8-7-9-11-15/h7-11,13-14,16,24H,6,12H2,1-5H3,(H,20,23)(H,21,22). The lowest BCUT2D eigenvalue weighted by molar-refractivity contribution is -0.125. The summed E-state index contributed by atoms with van der Waals surface area (Å²) in [5.41, 5.74) is -0.466. The maximum atomic E-state index is 12.5. The maximum Gasteiger partial charge on any atom is 0.251 e. The van der Waals surface area contributed by atoms with E-state index in [9.17, 15) is 14.7 Å². The SMILES string of the molecule is CCC(C)C(NC(=O)c1ccccc1)C(=O)NCC(C)(O)C(C)C. The topological polar surface area (TPSA) is 78.4 Å². The zero-order valence-corrected chi connectivity index (χ0v) is 15.3. The lowest BCUT2D eigenvalue weighted by atomic mass is 9.92. The Balaban J connectivity index is 2.78. The van der Waals surface area contributed by atoms with E-state index >= 15 is 0 Å². The summed E-state index contributed by atoms with van der Waals surface area (Å²) in [4.78, 5) is 24.9. The highest BCUT2D eigenvalue weighted by molar-refractivity contribution is 5.97. The Morgan fingerprint density at radius 2 is 1.75 bits per heavy atom. The fourth-order valence-corrected chi connectivity index (χ4v) is 2.10. The number of carbonyl (C=O) groups excluding carboxylic acids is 2. The third-order valence-electron chi connectivity index (χ3n) is 4.68. The van der Waals surface area contributed by atoms with Crippen molar-refractivity contribution in [2.24, 2.45) is 11.8 Å². The molecule has 0 heterocycles. The summed E-state index contributed by atoms with van der Waals surface area (Å²) in [5, 5.41) is 15.9. The van der Waals surface area contributed by atoms with Crippen molar-refractivity contribution < 1.29 is 14.7 Å². The summed E-state index contributed by atoms with van der Waals surface area (Å²) >= 11 is 0. The van der Waals surface area contributed by atoms with E-state index < -0.39 is 11.6 Å². The summed E-state index contributed by atoms with van der Waals surface area (Å²) in [7, 11) is 0. The molecule has 134 valence electrons. The maximum absolute atomic E-state index is 12.5. The number of carbonyl (C=O) groups is 2. The van der Waals surface area contributed by atoms with E-state index in [2.05, 4.69) is 10.6 Å². The van der Waals surface area contributed by atoms with Gasteiger partial charge in [-0.05, 0) is 30.9 Å². The summed E-state index contributed by atoms with van der Waals surface area (Å²) < 4.78 is 0. The Hall–Kier alpha value is -1.88. The van der Waals surface area contributed by atoms with E-state index in [0.29, 0.717) is 5.56 Å². The fraction of sp³-hybridized carbons (Fsp3) is 0.579. The Morgan fingerprint density at radius 3 is 2.25 bits per heavy atom. The molecular formula is C19H30N2O3. The predicted octanol–water partition coefficient (Wildman–Crippen LogP) is 2.35. The van der Waals surface area contributed by atoms with Crippen LogP contribution in [-0.4, -0.2) is 35.1 Å². The Kier molecular flexibility index (Phi) is 7.42. The monoisotopic (exact) mass is 334 g/mol. The average Bonchev–Trinajstić information content (AvgIpc) is 2.57. The first-order valence-corrected chi connectivity index (χ1v) is 8.55. The number of aliphatic hydroxyl groups is 1. The fourth-order valence-electron chi connectivity index (χ4n) is 2.10. The molecule has 5 nitrogen and oxygen atoms in total. The highest BCUT2D eigenvalue weighted by Crippen LogP contribution is 2.15. The lowest BCUT2D eigenvalue weighted by Gasteiger charge is -2.30. The van der Waals surface area contributed by atoms with Crippen molar-refractivity contribution in [3.8, 4) is 0 Å². The third-order valence-corrected chi connectivity index (χ3v) is 4.68. The van der Waals surface area contributed by atoms with Crippen LogP contribution in [0.2, 0.25) is 0 Å². The van der Waals surface area contributed by atoms with Gasteiger partial charge in [-0.3, -0.25) is 9.59 Å². The number of benzene rings is 1. The molecule has 0 fully saturated rings. The smallest absolute Gasteiger partial charge is 0.251 e. The minimum absolute atomic E-state index is 0.0124. The van der Waals surface area contributed by atoms with Crippen molar-refractivity contribution in [3.05, 3.63) is 35.9 Å². The van der Waals surface area contributed by atoms with Crippen molar-refractivity contribution in [1.29, 1.82) is 0 Å². The Bertz CT molecular complexity index is 541. The van der Waals surface area contributed by atoms with Crippen molar-refractivity contribution in [1.82, 2.24) is 10.6 Å². The van der Waals surface area contributed by atoms with Crippen molar-refractivity contribution in [2.45, 2.75) is 52.7 Å². The zero-order chi connectivity index (χ0) is 18.3. The van der Waals surface area contributed by atoms with E-state index in [4.69, 9.17) is 0 Å². The van der Waals surface area contributed by atoms with Gasteiger partial charge in [-0.15, -0.1) is 0 Å². The average molecular weight is 334 g/mol. The van der Waals surface area contributed by atoms with Gasteiger partial charge >= 0.3 is 0 Å². The quantitative estimate of drug-likeness (QED) is 0.683. The third kappa shape index (κ3) is 5.64. The van der Waals surface area contributed by atoms with Crippen LogP contribution in [0, 0.1) is 11.8 Å². The van der Waals surface area contributed by atoms with Crippen LogP contribution in [0.4, 0.5) is 0 Å². The van der Waals surface area contributed by atoms with Crippen LogP contribution in [0.3, 0.4) is 0 Å². The van der Waals surface area contributed by atoms with Crippen molar-refractivity contribution in [2.75, 3.05) is 6.54 Å². The lowest BCUT2D eigenvalue weighted by Crippen LogP contribution is -2.53. The molecule has 5 heteroatoms. The highest BCUT2D eigenvalue weighted by Gasteiger charge is 2.30. The molecular weight excluding hydrogens is 304 g/mol. The summed E-state index contributed by atoms with van der Waals surface area (Å²) in [5.74, 6) is -0.540.